The Balaban J connectivity index is 3.81. The first kappa shape index (κ1) is 9.89. The maximum Gasteiger partial charge on any atom is 0.137 e. The van der Waals surface area contributed by atoms with Crippen LogP contribution in [0.2, 0.25) is 0 Å². The van der Waals surface area contributed by atoms with E-state index in [9.17, 15) is 0 Å². The molecule has 59 valence electrons. The first-order chi connectivity index (χ1) is 4.79. The van der Waals surface area contributed by atoms with E-state index in [1.165, 1.54) is 0 Å². The van der Waals surface area contributed by atoms with Gasteiger partial charge >= 0.3 is 0 Å². The summed E-state index contributed by atoms with van der Waals surface area (Å²) >= 11 is 4.76. The van der Waals surface area contributed by atoms with E-state index in [0.29, 0.717) is 6.04 Å². The Morgan fingerprint density at radius 3 is 1.90 bits per heavy atom. The topological polar surface area (TPSA) is 3.24 Å². The van der Waals surface area contributed by atoms with Crippen LogP contribution in [0.1, 0.15) is 33.6 Å². The van der Waals surface area contributed by atoms with E-state index in [2.05, 4.69) is 31.2 Å². The average molecular weight is 158 g/mol. The minimum absolute atomic E-state index is 0.600. The van der Waals surface area contributed by atoms with Gasteiger partial charge in [0.1, 0.15) is 5.49 Å². The second-order valence-corrected chi connectivity index (χ2v) is 2.53. The summed E-state index contributed by atoms with van der Waals surface area (Å²) in [6.45, 7) is 7.46. The average Bonchev–Trinajstić information content (AvgIpc) is 2.00. The molecule has 0 rings (SSSR count). The van der Waals surface area contributed by atoms with Crippen LogP contribution in [0.15, 0.2) is 0 Å². The fourth-order valence-electron chi connectivity index (χ4n) is 1.13. The van der Waals surface area contributed by atoms with Crippen molar-refractivity contribution in [3.63, 3.8) is 0 Å². The number of hydrogen-bond donors (Lipinski definition) is 0. The van der Waals surface area contributed by atoms with Crippen molar-refractivity contribution in [3.8, 4) is 0 Å². The third kappa shape index (κ3) is 2.65. The van der Waals surface area contributed by atoms with Crippen molar-refractivity contribution in [2.45, 2.75) is 39.7 Å². The van der Waals surface area contributed by atoms with Gasteiger partial charge in [0.15, 0.2) is 0 Å². The standard InChI is InChI=1S/C8H16NS/c1-4-8(5-2)9(6-3)7-10/h8H,4-6H2,1-3H3. The van der Waals surface area contributed by atoms with Crippen LogP contribution in [0.25, 0.3) is 0 Å². The smallest absolute Gasteiger partial charge is 0.137 e. The molecule has 0 saturated heterocycles. The van der Waals surface area contributed by atoms with Gasteiger partial charge in [0.2, 0.25) is 0 Å². The van der Waals surface area contributed by atoms with Crippen LogP contribution < -0.4 is 0 Å². The number of thiocarbonyl (C=S) groups is 1. The van der Waals surface area contributed by atoms with E-state index in [1.54, 1.807) is 0 Å². The molecule has 0 aliphatic carbocycles. The first-order valence-electron chi connectivity index (χ1n) is 3.94. The summed E-state index contributed by atoms with van der Waals surface area (Å²) in [6.07, 6.45) is 2.32. The third-order valence-electron chi connectivity index (χ3n) is 1.84. The number of rotatable bonds is 5. The summed E-state index contributed by atoms with van der Waals surface area (Å²) in [4.78, 5) is 2.09. The maximum absolute atomic E-state index is 4.76. The van der Waals surface area contributed by atoms with E-state index < -0.39 is 0 Å². The van der Waals surface area contributed by atoms with Gasteiger partial charge < -0.3 is 4.90 Å². The molecule has 0 aliphatic heterocycles. The highest BCUT2D eigenvalue weighted by atomic mass is 32.1. The molecule has 0 N–H and O–H groups in total. The predicted octanol–water partition coefficient (Wildman–Crippen LogP) is 2.33. The molecule has 0 aliphatic rings. The zero-order valence-corrected chi connectivity index (χ0v) is 7.87. The van der Waals surface area contributed by atoms with Crippen molar-refractivity contribution in [3.05, 3.63) is 0 Å². The van der Waals surface area contributed by atoms with Gasteiger partial charge in [-0.2, -0.15) is 0 Å². The van der Waals surface area contributed by atoms with Gasteiger partial charge in [-0.3, -0.25) is 0 Å². The van der Waals surface area contributed by atoms with E-state index in [4.69, 9.17) is 12.2 Å². The molecule has 0 heterocycles. The number of nitrogens with zero attached hydrogens (tertiary/aromatic N) is 1. The molecule has 0 saturated carbocycles. The molecule has 0 aromatic carbocycles. The Hall–Kier alpha value is -0.110. The largest absolute Gasteiger partial charge is 0.358 e. The van der Waals surface area contributed by atoms with Gasteiger partial charge in [0.05, 0.1) is 0 Å². The van der Waals surface area contributed by atoms with Crippen molar-refractivity contribution < 1.29 is 0 Å². The van der Waals surface area contributed by atoms with Crippen molar-refractivity contribution in [1.29, 1.82) is 0 Å². The molecule has 0 aromatic rings. The van der Waals surface area contributed by atoms with E-state index in [-0.39, 0.29) is 0 Å². The Morgan fingerprint density at radius 1 is 1.30 bits per heavy atom. The molecule has 0 atom stereocenters. The Bertz CT molecular complexity index is 89.3. The van der Waals surface area contributed by atoms with E-state index in [0.717, 1.165) is 19.4 Å². The minimum atomic E-state index is 0.600. The number of hydrogen-bond acceptors (Lipinski definition) is 1. The second kappa shape index (κ2) is 5.66. The van der Waals surface area contributed by atoms with Crippen LogP contribution >= 0.6 is 12.2 Å². The van der Waals surface area contributed by atoms with Gasteiger partial charge in [0.25, 0.3) is 0 Å². The zero-order chi connectivity index (χ0) is 7.98. The lowest BCUT2D eigenvalue weighted by Gasteiger charge is -2.25. The van der Waals surface area contributed by atoms with Crippen LogP contribution in [0.5, 0.6) is 0 Å². The summed E-state index contributed by atoms with van der Waals surface area (Å²) in [7, 11) is 0. The third-order valence-corrected chi connectivity index (χ3v) is 2.08. The molecular weight excluding hydrogens is 142 g/mol. The Morgan fingerprint density at radius 2 is 1.80 bits per heavy atom. The molecule has 0 amide bonds. The van der Waals surface area contributed by atoms with Gasteiger partial charge in [-0.1, -0.05) is 26.1 Å². The highest BCUT2D eigenvalue weighted by Crippen LogP contribution is 2.05. The fraction of sp³-hybridized carbons (Fsp3) is 0.875. The predicted molar refractivity (Wildman–Crippen MR) is 49.3 cm³/mol. The summed E-state index contributed by atoms with van der Waals surface area (Å²) in [5.74, 6) is 0. The molecule has 1 radical (unpaired) electrons. The van der Waals surface area contributed by atoms with E-state index in [1.807, 2.05) is 0 Å². The summed E-state index contributed by atoms with van der Waals surface area (Å²) in [5, 5.41) is 0. The van der Waals surface area contributed by atoms with Gasteiger partial charge in [-0.05, 0) is 19.8 Å². The zero-order valence-electron chi connectivity index (χ0n) is 7.05. The minimum Gasteiger partial charge on any atom is -0.358 e. The maximum atomic E-state index is 4.76. The molecule has 0 fully saturated rings. The molecular formula is C8H16NS. The molecule has 0 aromatic heterocycles. The summed E-state index contributed by atoms with van der Waals surface area (Å²) in [5.41, 5.74) is 2.77. The van der Waals surface area contributed by atoms with Crippen LogP contribution in [-0.2, 0) is 0 Å². The van der Waals surface area contributed by atoms with Gasteiger partial charge in [-0.25, -0.2) is 0 Å². The molecule has 0 spiro atoms. The molecule has 0 bridgehead atoms. The Labute approximate surface area is 69.4 Å². The molecule has 0 unspecified atom stereocenters. The van der Waals surface area contributed by atoms with Crippen LogP contribution in [0.4, 0.5) is 0 Å². The van der Waals surface area contributed by atoms with Crippen molar-refractivity contribution in [2.75, 3.05) is 6.54 Å². The summed E-state index contributed by atoms with van der Waals surface area (Å²) in [6, 6.07) is 0.600. The molecule has 10 heavy (non-hydrogen) atoms. The lowest BCUT2D eigenvalue weighted by Crippen LogP contribution is -2.32. The highest BCUT2D eigenvalue weighted by molar-refractivity contribution is 7.78. The van der Waals surface area contributed by atoms with Crippen LogP contribution in [-0.4, -0.2) is 23.0 Å². The van der Waals surface area contributed by atoms with Crippen molar-refractivity contribution >= 4 is 17.7 Å². The monoisotopic (exact) mass is 158 g/mol. The van der Waals surface area contributed by atoms with Crippen molar-refractivity contribution in [2.24, 2.45) is 0 Å². The fourth-order valence-corrected chi connectivity index (χ4v) is 1.40. The second-order valence-electron chi connectivity index (χ2n) is 2.35. The van der Waals surface area contributed by atoms with Crippen LogP contribution in [0, 0.1) is 0 Å². The van der Waals surface area contributed by atoms with Crippen LogP contribution in [0.3, 0.4) is 0 Å². The lowest BCUT2D eigenvalue weighted by molar-refractivity contribution is 0.320. The normalized spacial score (nSPS) is 10.0. The summed E-state index contributed by atoms with van der Waals surface area (Å²) < 4.78 is 0. The first-order valence-corrected chi connectivity index (χ1v) is 4.35. The quantitative estimate of drug-likeness (QED) is 0.446. The van der Waals surface area contributed by atoms with Gasteiger partial charge in [-0.15, -0.1) is 0 Å². The van der Waals surface area contributed by atoms with Crippen molar-refractivity contribution in [1.82, 2.24) is 4.90 Å². The van der Waals surface area contributed by atoms with Gasteiger partial charge in [0, 0.05) is 12.6 Å². The lowest BCUT2D eigenvalue weighted by atomic mass is 10.1. The van der Waals surface area contributed by atoms with E-state index >= 15 is 0 Å². The SMILES string of the molecule is CCC(CC)N([C]=S)CC. The Kier molecular flexibility index (Phi) is 5.60. The molecule has 2 heteroatoms. The highest BCUT2D eigenvalue weighted by Gasteiger charge is 2.08. The molecule has 1 nitrogen and oxygen atoms in total.